The molecule has 0 aliphatic carbocycles. The first kappa shape index (κ1) is 20.2. The Morgan fingerprint density at radius 3 is 2.42 bits per heavy atom. The molecule has 2 rings (SSSR count). The molecule has 0 aliphatic rings. The minimum atomic E-state index is -3.69. The molecule has 0 saturated heterocycles. The van der Waals surface area contributed by atoms with Gasteiger partial charge in [0, 0.05) is 23.8 Å². The number of ether oxygens (including phenoxy) is 1. The zero-order valence-electron chi connectivity index (χ0n) is 14.8. The molecule has 26 heavy (non-hydrogen) atoms. The van der Waals surface area contributed by atoms with Gasteiger partial charge in [0.15, 0.2) is 0 Å². The highest BCUT2D eigenvalue weighted by molar-refractivity contribution is 7.89. The van der Waals surface area contributed by atoms with Gasteiger partial charge in [-0.25, -0.2) is 8.42 Å². The number of anilines is 1. The van der Waals surface area contributed by atoms with Gasteiger partial charge in [-0.2, -0.15) is 4.31 Å². The maximum absolute atomic E-state index is 12.7. The van der Waals surface area contributed by atoms with E-state index in [0.717, 1.165) is 0 Å². The lowest BCUT2D eigenvalue weighted by Crippen LogP contribution is -2.30. The molecule has 0 aliphatic heterocycles. The van der Waals surface area contributed by atoms with Crippen LogP contribution in [0.3, 0.4) is 0 Å². The van der Waals surface area contributed by atoms with Crippen molar-refractivity contribution in [3.05, 3.63) is 53.1 Å². The molecule has 1 amide bonds. The first-order valence-corrected chi connectivity index (χ1v) is 9.90. The Kier molecular flexibility index (Phi) is 6.63. The van der Waals surface area contributed by atoms with Gasteiger partial charge in [0.2, 0.25) is 10.0 Å². The first-order valence-electron chi connectivity index (χ1n) is 8.08. The van der Waals surface area contributed by atoms with Crippen molar-refractivity contribution in [1.29, 1.82) is 0 Å². The SMILES string of the molecule is CCN(CC)S(=O)(=O)c1ccc(OC)c(C(=O)Nc2cccc(Cl)c2)c1. The molecule has 140 valence electrons. The number of sulfonamides is 1. The summed E-state index contributed by atoms with van der Waals surface area (Å²) in [6, 6.07) is 10.9. The van der Waals surface area contributed by atoms with Crippen LogP contribution < -0.4 is 10.1 Å². The van der Waals surface area contributed by atoms with Crippen LogP contribution in [0.2, 0.25) is 5.02 Å². The second-order valence-corrected chi connectivity index (χ2v) is 7.79. The maximum Gasteiger partial charge on any atom is 0.259 e. The van der Waals surface area contributed by atoms with Crippen LogP contribution in [-0.4, -0.2) is 38.8 Å². The molecule has 1 N–H and O–H groups in total. The number of carbonyl (C=O) groups excluding carboxylic acids is 1. The van der Waals surface area contributed by atoms with E-state index in [4.69, 9.17) is 16.3 Å². The average Bonchev–Trinajstić information content (AvgIpc) is 2.61. The Morgan fingerprint density at radius 2 is 1.85 bits per heavy atom. The minimum absolute atomic E-state index is 0.0400. The van der Waals surface area contributed by atoms with Crippen LogP contribution in [0.15, 0.2) is 47.4 Å². The van der Waals surface area contributed by atoms with Crippen molar-refractivity contribution in [2.75, 3.05) is 25.5 Å². The fraction of sp³-hybridized carbons (Fsp3) is 0.278. The second-order valence-electron chi connectivity index (χ2n) is 5.42. The lowest BCUT2D eigenvalue weighted by molar-refractivity contribution is 0.102. The topological polar surface area (TPSA) is 75.7 Å². The standard InChI is InChI=1S/C18H21ClN2O4S/c1-4-21(5-2)26(23,24)15-9-10-17(25-3)16(12-15)18(22)20-14-8-6-7-13(19)11-14/h6-12H,4-5H2,1-3H3,(H,20,22). The molecule has 2 aromatic rings. The van der Waals surface area contributed by atoms with Gasteiger partial charge in [-0.05, 0) is 36.4 Å². The molecular formula is C18H21ClN2O4S. The Balaban J connectivity index is 2.42. The highest BCUT2D eigenvalue weighted by Crippen LogP contribution is 2.26. The average molecular weight is 397 g/mol. The fourth-order valence-electron chi connectivity index (χ4n) is 2.50. The molecule has 0 fully saturated rings. The predicted octanol–water partition coefficient (Wildman–Crippen LogP) is 3.63. The molecule has 0 bridgehead atoms. The summed E-state index contributed by atoms with van der Waals surface area (Å²) < 4.78 is 32.0. The Bertz CT molecular complexity index is 896. The van der Waals surface area contributed by atoms with Crippen LogP contribution in [0, 0.1) is 0 Å². The quantitative estimate of drug-likeness (QED) is 0.775. The van der Waals surface area contributed by atoms with E-state index in [0.29, 0.717) is 23.8 Å². The van der Waals surface area contributed by atoms with Gasteiger partial charge in [-0.15, -0.1) is 0 Å². The van der Waals surface area contributed by atoms with Gasteiger partial charge in [-0.3, -0.25) is 4.79 Å². The first-order chi connectivity index (χ1) is 12.3. The van der Waals surface area contributed by atoms with Crippen molar-refractivity contribution in [2.45, 2.75) is 18.7 Å². The molecule has 0 aromatic heterocycles. The van der Waals surface area contributed by atoms with Crippen molar-refractivity contribution in [3.63, 3.8) is 0 Å². The van der Waals surface area contributed by atoms with Crippen LogP contribution in [0.4, 0.5) is 5.69 Å². The molecule has 0 radical (unpaired) electrons. The highest BCUT2D eigenvalue weighted by atomic mass is 35.5. The molecular weight excluding hydrogens is 376 g/mol. The van der Waals surface area contributed by atoms with E-state index < -0.39 is 15.9 Å². The van der Waals surface area contributed by atoms with Crippen molar-refractivity contribution >= 4 is 33.2 Å². The zero-order chi connectivity index (χ0) is 19.3. The number of carbonyl (C=O) groups is 1. The van der Waals surface area contributed by atoms with Crippen LogP contribution in [-0.2, 0) is 10.0 Å². The summed E-state index contributed by atoms with van der Waals surface area (Å²) in [6.45, 7) is 4.21. The third-order valence-electron chi connectivity index (χ3n) is 3.84. The summed E-state index contributed by atoms with van der Waals surface area (Å²) in [6.07, 6.45) is 0. The number of benzene rings is 2. The van der Waals surface area contributed by atoms with E-state index in [1.807, 2.05) is 0 Å². The van der Waals surface area contributed by atoms with Gasteiger partial charge < -0.3 is 10.1 Å². The van der Waals surface area contributed by atoms with E-state index in [-0.39, 0.29) is 16.2 Å². The largest absolute Gasteiger partial charge is 0.496 e. The van der Waals surface area contributed by atoms with Crippen LogP contribution in [0.25, 0.3) is 0 Å². The number of nitrogens with zero attached hydrogens (tertiary/aromatic N) is 1. The summed E-state index contributed by atoms with van der Waals surface area (Å²) in [4.78, 5) is 12.7. The third kappa shape index (κ3) is 4.35. The maximum atomic E-state index is 12.7. The van der Waals surface area contributed by atoms with Gasteiger partial charge in [0.05, 0.1) is 17.6 Å². The fourth-order valence-corrected chi connectivity index (χ4v) is 4.18. The smallest absolute Gasteiger partial charge is 0.259 e. The lowest BCUT2D eigenvalue weighted by atomic mass is 10.2. The monoisotopic (exact) mass is 396 g/mol. The number of nitrogens with one attached hydrogen (secondary N) is 1. The van der Waals surface area contributed by atoms with Crippen molar-refractivity contribution < 1.29 is 17.9 Å². The van der Waals surface area contributed by atoms with Crippen molar-refractivity contribution in [3.8, 4) is 5.75 Å². The van der Waals surface area contributed by atoms with Crippen molar-refractivity contribution in [1.82, 2.24) is 4.31 Å². The molecule has 6 nitrogen and oxygen atoms in total. The molecule has 8 heteroatoms. The van der Waals surface area contributed by atoms with E-state index >= 15 is 0 Å². The van der Waals surface area contributed by atoms with Gasteiger partial charge in [-0.1, -0.05) is 31.5 Å². The van der Waals surface area contributed by atoms with E-state index in [1.165, 1.54) is 29.6 Å². The zero-order valence-corrected chi connectivity index (χ0v) is 16.4. The number of hydrogen-bond acceptors (Lipinski definition) is 4. The van der Waals surface area contributed by atoms with Gasteiger partial charge >= 0.3 is 0 Å². The number of amides is 1. The second kappa shape index (κ2) is 8.53. The number of rotatable bonds is 7. The van der Waals surface area contributed by atoms with Crippen LogP contribution in [0.5, 0.6) is 5.75 Å². The molecule has 0 heterocycles. The van der Waals surface area contributed by atoms with Gasteiger partial charge in [0.25, 0.3) is 5.91 Å². The number of methoxy groups -OCH3 is 1. The number of hydrogen-bond donors (Lipinski definition) is 1. The summed E-state index contributed by atoms with van der Waals surface area (Å²) in [5.74, 6) is -0.205. The Labute approximate surface area is 158 Å². The lowest BCUT2D eigenvalue weighted by Gasteiger charge is -2.19. The summed E-state index contributed by atoms with van der Waals surface area (Å²) in [7, 11) is -2.26. The molecule has 0 spiro atoms. The summed E-state index contributed by atoms with van der Waals surface area (Å²) >= 11 is 5.92. The third-order valence-corrected chi connectivity index (χ3v) is 6.12. The van der Waals surface area contributed by atoms with E-state index in [9.17, 15) is 13.2 Å². The molecule has 0 saturated carbocycles. The van der Waals surface area contributed by atoms with Crippen LogP contribution >= 0.6 is 11.6 Å². The Morgan fingerprint density at radius 1 is 1.15 bits per heavy atom. The molecule has 0 atom stereocenters. The molecule has 0 unspecified atom stereocenters. The summed E-state index contributed by atoms with van der Waals surface area (Å²) in [5.41, 5.74) is 0.627. The van der Waals surface area contributed by atoms with Crippen molar-refractivity contribution in [2.24, 2.45) is 0 Å². The van der Waals surface area contributed by atoms with Crippen LogP contribution in [0.1, 0.15) is 24.2 Å². The number of halogens is 1. The summed E-state index contributed by atoms with van der Waals surface area (Å²) in [5, 5.41) is 3.18. The normalized spacial score (nSPS) is 11.4. The predicted molar refractivity (Wildman–Crippen MR) is 103 cm³/mol. The highest BCUT2D eigenvalue weighted by Gasteiger charge is 2.24. The van der Waals surface area contributed by atoms with E-state index in [1.54, 1.807) is 38.1 Å². The Hall–Kier alpha value is -2.09. The molecule has 2 aromatic carbocycles. The van der Waals surface area contributed by atoms with E-state index in [2.05, 4.69) is 5.32 Å². The van der Waals surface area contributed by atoms with Gasteiger partial charge in [0.1, 0.15) is 5.75 Å². The minimum Gasteiger partial charge on any atom is -0.496 e.